The molecule has 3 aromatic rings. The average Bonchev–Trinajstić information content (AvgIpc) is 3.26. The number of para-hydroxylation sites is 2. The van der Waals surface area contributed by atoms with Crippen LogP contribution in [0, 0.1) is 6.92 Å². The van der Waals surface area contributed by atoms with Crippen molar-refractivity contribution in [1.29, 1.82) is 0 Å². The number of benzene rings is 2. The first kappa shape index (κ1) is 19.4. The average molecular weight is 408 g/mol. The molecule has 1 aliphatic heterocycles. The standard InChI is InChI=1S/C22H20N2O6/c1-14-6-8-15(9-7-14)27-12-16-10-11-19(29-16)21(25)23-24-22(26)20-13-28-17-4-2-3-5-18(17)30-20/h2-11,20H,12-13H2,1H3,(H,23,25)(H,24,26)/t20-/m1/s1. The van der Waals surface area contributed by atoms with Gasteiger partial charge in [0.1, 0.15) is 24.7 Å². The highest BCUT2D eigenvalue weighted by Gasteiger charge is 2.27. The molecule has 1 aliphatic rings. The van der Waals surface area contributed by atoms with E-state index >= 15 is 0 Å². The van der Waals surface area contributed by atoms with Crippen molar-refractivity contribution in [3.8, 4) is 17.2 Å². The third-order valence-electron chi connectivity index (χ3n) is 4.39. The van der Waals surface area contributed by atoms with Gasteiger partial charge in [-0.2, -0.15) is 0 Å². The highest BCUT2D eigenvalue weighted by Crippen LogP contribution is 2.30. The van der Waals surface area contributed by atoms with Crippen LogP contribution < -0.4 is 25.1 Å². The van der Waals surface area contributed by atoms with Gasteiger partial charge in [0, 0.05) is 0 Å². The van der Waals surface area contributed by atoms with Crippen LogP contribution in [-0.4, -0.2) is 24.5 Å². The van der Waals surface area contributed by atoms with Gasteiger partial charge in [0.05, 0.1) is 0 Å². The lowest BCUT2D eigenvalue weighted by Gasteiger charge is -2.25. The normalized spacial score (nSPS) is 14.6. The Morgan fingerprint density at radius 3 is 2.57 bits per heavy atom. The van der Waals surface area contributed by atoms with Gasteiger partial charge in [0.25, 0.3) is 5.91 Å². The monoisotopic (exact) mass is 408 g/mol. The SMILES string of the molecule is Cc1ccc(OCc2ccc(C(=O)NNC(=O)[C@H]3COc4ccccc4O3)o2)cc1. The lowest BCUT2D eigenvalue weighted by Crippen LogP contribution is -2.50. The molecule has 0 spiro atoms. The lowest BCUT2D eigenvalue weighted by atomic mass is 10.2. The maximum atomic E-state index is 12.3. The molecule has 2 amide bonds. The second-order valence-corrected chi connectivity index (χ2v) is 6.68. The van der Waals surface area contributed by atoms with Gasteiger partial charge in [-0.25, -0.2) is 0 Å². The molecule has 30 heavy (non-hydrogen) atoms. The predicted molar refractivity (Wildman–Crippen MR) is 106 cm³/mol. The zero-order valence-corrected chi connectivity index (χ0v) is 16.2. The predicted octanol–water partition coefficient (Wildman–Crippen LogP) is 2.77. The first-order chi connectivity index (χ1) is 14.6. The van der Waals surface area contributed by atoms with E-state index in [1.165, 1.54) is 6.07 Å². The molecule has 0 bridgehead atoms. The number of amides is 2. The van der Waals surface area contributed by atoms with E-state index in [2.05, 4.69) is 10.9 Å². The maximum Gasteiger partial charge on any atom is 0.305 e. The topological polar surface area (TPSA) is 99.0 Å². The Bertz CT molecular complexity index is 1040. The number of hydrazine groups is 1. The summed E-state index contributed by atoms with van der Waals surface area (Å²) < 4.78 is 22.2. The van der Waals surface area contributed by atoms with Crippen molar-refractivity contribution in [3.05, 3.63) is 77.7 Å². The number of ether oxygens (including phenoxy) is 3. The summed E-state index contributed by atoms with van der Waals surface area (Å²) in [6.45, 7) is 2.21. The highest BCUT2D eigenvalue weighted by molar-refractivity contribution is 5.93. The Morgan fingerprint density at radius 1 is 1.00 bits per heavy atom. The number of hydrogen-bond acceptors (Lipinski definition) is 6. The number of nitrogens with one attached hydrogen (secondary N) is 2. The van der Waals surface area contributed by atoms with Crippen LogP contribution in [-0.2, 0) is 11.4 Å². The molecule has 1 aromatic heterocycles. The highest BCUT2D eigenvalue weighted by atomic mass is 16.6. The van der Waals surface area contributed by atoms with Crippen LogP contribution in [0.3, 0.4) is 0 Å². The van der Waals surface area contributed by atoms with E-state index in [1.54, 1.807) is 24.3 Å². The molecule has 0 saturated heterocycles. The molecule has 0 unspecified atom stereocenters. The van der Waals surface area contributed by atoms with Crippen molar-refractivity contribution < 1.29 is 28.2 Å². The maximum absolute atomic E-state index is 12.3. The van der Waals surface area contributed by atoms with Gasteiger partial charge in [-0.1, -0.05) is 29.8 Å². The summed E-state index contributed by atoms with van der Waals surface area (Å²) in [5.41, 5.74) is 5.76. The first-order valence-corrected chi connectivity index (χ1v) is 9.35. The molecule has 4 rings (SSSR count). The van der Waals surface area contributed by atoms with E-state index in [-0.39, 0.29) is 19.0 Å². The van der Waals surface area contributed by atoms with E-state index in [9.17, 15) is 9.59 Å². The molecule has 0 radical (unpaired) electrons. The van der Waals surface area contributed by atoms with Gasteiger partial charge in [0.2, 0.25) is 6.10 Å². The van der Waals surface area contributed by atoms with Gasteiger partial charge in [-0.3, -0.25) is 20.4 Å². The fourth-order valence-electron chi connectivity index (χ4n) is 2.78. The molecule has 2 heterocycles. The van der Waals surface area contributed by atoms with Crippen LogP contribution in [0.5, 0.6) is 17.2 Å². The zero-order valence-electron chi connectivity index (χ0n) is 16.2. The molecular formula is C22H20N2O6. The number of furan rings is 1. The third-order valence-corrected chi connectivity index (χ3v) is 4.39. The van der Waals surface area contributed by atoms with Crippen molar-refractivity contribution in [2.45, 2.75) is 19.6 Å². The second-order valence-electron chi connectivity index (χ2n) is 6.68. The minimum Gasteiger partial charge on any atom is -0.486 e. The van der Waals surface area contributed by atoms with Crippen LogP contribution >= 0.6 is 0 Å². The summed E-state index contributed by atoms with van der Waals surface area (Å²) in [7, 11) is 0. The smallest absolute Gasteiger partial charge is 0.305 e. The quantitative estimate of drug-likeness (QED) is 0.630. The van der Waals surface area contributed by atoms with Gasteiger partial charge < -0.3 is 18.6 Å². The molecule has 0 fully saturated rings. The summed E-state index contributed by atoms with van der Waals surface area (Å²) >= 11 is 0. The zero-order chi connectivity index (χ0) is 20.9. The summed E-state index contributed by atoms with van der Waals surface area (Å²) in [6, 6.07) is 17.8. The molecule has 8 heteroatoms. The van der Waals surface area contributed by atoms with E-state index < -0.39 is 17.9 Å². The van der Waals surface area contributed by atoms with Crippen LogP contribution in [0.1, 0.15) is 21.9 Å². The van der Waals surface area contributed by atoms with E-state index in [4.69, 9.17) is 18.6 Å². The largest absolute Gasteiger partial charge is 0.486 e. The fourth-order valence-corrected chi connectivity index (χ4v) is 2.78. The van der Waals surface area contributed by atoms with Crippen LogP contribution in [0.25, 0.3) is 0 Å². The molecular weight excluding hydrogens is 388 g/mol. The van der Waals surface area contributed by atoms with E-state index in [0.717, 1.165) is 5.56 Å². The molecule has 0 saturated carbocycles. The molecule has 2 N–H and O–H groups in total. The Kier molecular flexibility index (Phi) is 5.56. The Hall–Kier alpha value is -3.94. The van der Waals surface area contributed by atoms with E-state index in [1.807, 2.05) is 37.3 Å². The fraction of sp³-hybridized carbons (Fsp3) is 0.182. The molecule has 0 aliphatic carbocycles. The summed E-state index contributed by atoms with van der Waals surface area (Å²) in [5.74, 6) is 1.14. The van der Waals surface area contributed by atoms with Crippen molar-refractivity contribution in [1.82, 2.24) is 10.9 Å². The summed E-state index contributed by atoms with van der Waals surface area (Å²) in [6.07, 6.45) is -0.879. The molecule has 1 atom stereocenters. The number of aryl methyl sites for hydroxylation is 1. The number of carbonyl (C=O) groups excluding carboxylic acids is 2. The Labute approximate surface area is 172 Å². The van der Waals surface area contributed by atoms with Crippen molar-refractivity contribution >= 4 is 11.8 Å². The van der Waals surface area contributed by atoms with Gasteiger partial charge >= 0.3 is 5.91 Å². The number of fused-ring (bicyclic) bond motifs is 1. The second kappa shape index (κ2) is 8.60. The van der Waals surface area contributed by atoms with Crippen LogP contribution in [0.4, 0.5) is 0 Å². The Morgan fingerprint density at radius 2 is 1.77 bits per heavy atom. The van der Waals surface area contributed by atoms with Crippen molar-refractivity contribution in [2.75, 3.05) is 6.61 Å². The first-order valence-electron chi connectivity index (χ1n) is 9.35. The number of hydrogen-bond donors (Lipinski definition) is 2. The van der Waals surface area contributed by atoms with Crippen LogP contribution in [0.2, 0.25) is 0 Å². The molecule has 2 aromatic carbocycles. The van der Waals surface area contributed by atoms with E-state index in [0.29, 0.717) is 23.0 Å². The number of rotatable bonds is 5. The number of carbonyl (C=O) groups is 2. The van der Waals surface area contributed by atoms with Gasteiger partial charge in [-0.15, -0.1) is 0 Å². The van der Waals surface area contributed by atoms with Gasteiger partial charge in [-0.05, 0) is 43.3 Å². The van der Waals surface area contributed by atoms with Crippen molar-refractivity contribution in [3.63, 3.8) is 0 Å². The minimum absolute atomic E-state index is 0.0416. The molecule has 8 nitrogen and oxygen atoms in total. The molecule has 154 valence electrons. The van der Waals surface area contributed by atoms with Crippen LogP contribution in [0.15, 0.2) is 65.1 Å². The van der Waals surface area contributed by atoms with Crippen molar-refractivity contribution in [2.24, 2.45) is 0 Å². The minimum atomic E-state index is -0.879. The summed E-state index contributed by atoms with van der Waals surface area (Å²) in [4.78, 5) is 24.5. The lowest BCUT2D eigenvalue weighted by molar-refractivity contribution is -0.131. The third kappa shape index (κ3) is 4.54. The summed E-state index contributed by atoms with van der Waals surface area (Å²) in [5, 5.41) is 0. The van der Waals surface area contributed by atoms with Gasteiger partial charge in [0.15, 0.2) is 17.3 Å². The Balaban J connectivity index is 1.26.